The third-order valence-electron chi connectivity index (χ3n) is 3.30. The van der Waals surface area contributed by atoms with E-state index in [0.717, 1.165) is 11.8 Å². The molecular weight excluding hydrogens is 276 g/mol. The topological polar surface area (TPSA) is 50.3 Å². The first-order valence-electron chi connectivity index (χ1n) is 7.16. The second-order valence-electron chi connectivity index (χ2n) is 4.70. The van der Waals surface area contributed by atoms with Crippen LogP contribution in [-0.4, -0.2) is 28.6 Å². The highest BCUT2D eigenvalue weighted by molar-refractivity contribution is 5.93. The van der Waals surface area contributed by atoms with Gasteiger partial charge in [-0.25, -0.2) is 0 Å². The van der Waals surface area contributed by atoms with Crippen LogP contribution in [0.25, 0.3) is 6.08 Å². The van der Waals surface area contributed by atoms with Crippen molar-refractivity contribution in [2.75, 3.05) is 6.54 Å². The molecule has 2 rings (SSSR count). The lowest BCUT2D eigenvalue weighted by atomic mass is 10.1. The van der Waals surface area contributed by atoms with Crippen molar-refractivity contribution < 1.29 is 9.59 Å². The summed E-state index contributed by atoms with van der Waals surface area (Å²) >= 11 is 0. The summed E-state index contributed by atoms with van der Waals surface area (Å²) in [5, 5.41) is 0. The van der Waals surface area contributed by atoms with Gasteiger partial charge >= 0.3 is 0 Å². The van der Waals surface area contributed by atoms with E-state index in [9.17, 15) is 9.59 Å². The monoisotopic (exact) mass is 294 g/mol. The molecule has 0 saturated carbocycles. The van der Waals surface area contributed by atoms with E-state index in [-0.39, 0.29) is 5.91 Å². The molecule has 1 heterocycles. The minimum atomic E-state index is -0.667. The molecule has 1 unspecified atom stereocenters. The van der Waals surface area contributed by atoms with Crippen LogP contribution in [0.1, 0.15) is 24.2 Å². The highest BCUT2D eigenvalue weighted by Crippen LogP contribution is 2.17. The Morgan fingerprint density at radius 3 is 2.50 bits per heavy atom. The molecule has 1 amide bonds. The van der Waals surface area contributed by atoms with Crippen molar-refractivity contribution in [2.45, 2.75) is 13.0 Å². The predicted octanol–water partition coefficient (Wildman–Crippen LogP) is 2.88. The van der Waals surface area contributed by atoms with Crippen LogP contribution in [0, 0.1) is 0 Å². The largest absolute Gasteiger partial charge is 0.324 e. The maximum atomic E-state index is 12.4. The van der Waals surface area contributed by atoms with E-state index in [1.54, 1.807) is 30.5 Å². The number of aldehydes is 1. The Kier molecular flexibility index (Phi) is 5.60. The molecule has 0 aliphatic rings. The van der Waals surface area contributed by atoms with E-state index in [1.165, 1.54) is 11.0 Å². The molecule has 4 heteroatoms. The Hall–Kier alpha value is -2.75. The van der Waals surface area contributed by atoms with Crippen LogP contribution in [0.5, 0.6) is 0 Å². The number of likely N-dealkylation sites (N-methyl/N-ethyl adjacent to an activating group) is 1. The third kappa shape index (κ3) is 3.88. The first kappa shape index (κ1) is 15.6. The third-order valence-corrected chi connectivity index (χ3v) is 3.30. The van der Waals surface area contributed by atoms with Gasteiger partial charge in [0, 0.05) is 18.8 Å². The zero-order valence-electron chi connectivity index (χ0n) is 12.4. The Morgan fingerprint density at radius 1 is 1.18 bits per heavy atom. The van der Waals surface area contributed by atoms with E-state index in [4.69, 9.17) is 0 Å². The molecule has 1 atom stereocenters. The van der Waals surface area contributed by atoms with Crippen LogP contribution in [0.4, 0.5) is 0 Å². The van der Waals surface area contributed by atoms with Crippen molar-refractivity contribution >= 4 is 18.3 Å². The summed E-state index contributed by atoms with van der Waals surface area (Å²) in [5.74, 6) is -0.214. The van der Waals surface area contributed by atoms with Crippen LogP contribution in [-0.2, 0) is 9.59 Å². The number of rotatable bonds is 6. The number of amides is 1. The molecule has 1 aromatic carbocycles. The lowest BCUT2D eigenvalue weighted by molar-refractivity contribution is -0.131. The number of hydrogen-bond donors (Lipinski definition) is 0. The molecule has 0 spiro atoms. The molecule has 0 aliphatic carbocycles. The number of nitrogens with zero attached hydrogens (tertiary/aromatic N) is 2. The highest BCUT2D eigenvalue weighted by atomic mass is 16.2. The molecule has 0 saturated heterocycles. The molecule has 2 aromatic rings. The molecule has 112 valence electrons. The first-order valence-corrected chi connectivity index (χ1v) is 7.16. The van der Waals surface area contributed by atoms with Gasteiger partial charge in [-0.3, -0.25) is 9.78 Å². The number of benzene rings is 1. The van der Waals surface area contributed by atoms with Gasteiger partial charge in [-0.2, -0.15) is 0 Å². The molecule has 1 aromatic heterocycles. The van der Waals surface area contributed by atoms with Gasteiger partial charge in [0.05, 0.1) is 5.69 Å². The summed E-state index contributed by atoms with van der Waals surface area (Å²) in [6.07, 6.45) is 5.59. The Bertz CT molecular complexity index is 639. The van der Waals surface area contributed by atoms with E-state index in [0.29, 0.717) is 12.2 Å². The summed E-state index contributed by atoms with van der Waals surface area (Å²) in [7, 11) is 0. The van der Waals surface area contributed by atoms with Gasteiger partial charge in [0.25, 0.3) is 0 Å². The van der Waals surface area contributed by atoms with E-state index >= 15 is 0 Å². The molecule has 0 aliphatic heterocycles. The van der Waals surface area contributed by atoms with Crippen LogP contribution in [0.2, 0.25) is 0 Å². The van der Waals surface area contributed by atoms with Gasteiger partial charge < -0.3 is 9.69 Å². The Balaban J connectivity index is 2.17. The van der Waals surface area contributed by atoms with Gasteiger partial charge in [-0.05, 0) is 30.7 Å². The van der Waals surface area contributed by atoms with Crippen molar-refractivity contribution in [3.05, 3.63) is 72.1 Å². The molecule has 0 bridgehead atoms. The van der Waals surface area contributed by atoms with E-state index < -0.39 is 6.04 Å². The summed E-state index contributed by atoms with van der Waals surface area (Å²) < 4.78 is 0. The maximum absolute atomic E-state index is 12.4. The molecule has 4 nitrogen and oxygen atoms in total. The summed E-state index contributed by atoms with van der Waals surface area (Å²) in [4.78, 5) is 29.5. The number of pyridine rings is 1. The number of aromatic nitrogens is 1. The SMILES string of the molecule is CCN(C(=O)C=Cc1ccccc1)C(C=O)c1ccccn1. The van der Waals surface area contributed by atoms with Crippen LogP contribution in [0.3, 0.4) is 0 Å². The summed E-state index contributed by atoms with van der Waals surface area (Å²) in [6.45, 7) is 2.27. The first-order chi connectivity index (χ1) is 10.8. The summed E-state index contributed by atoms with van der Waals surface area (Å²) in [6, 6.07) is 14.2. The fourth-order valence-electron chi connectivity index (χ4n) is 2.17. The predicted molar refractivity (Wildman–Crippen MR) is 85.9 cm³/mol. The number of hydrogen-bond acceptors (Lipinski definition) is 3. The lowest BCUT2D eigenvalue weighted by Gasteiger charge is -2.25. The van der Waals surface area contributed by atoms with Gasteiger partial charge in [0.2, 0.25) is 5.91 Å². The average Bonchev–Trinajstić information content (AvgIpc) is 2.59. The van der Waals surface area contributed by atoms with Crippen LogP contribution < -0.4 is 0 Å². The van der Waals surface area contributed by atoms with Gasteiger partial charge in [0.15, 0.2) is 0 Å². The zero-order chi connectivity index (χ0) is 15.8. The van der Waals surface area contributed by atoms with Crippen molar-refractivity contribution in [3.63, 3.8) is 0 Å². The summed E-state index contributed by atoms with van der Waals surface area (Å²) in [5.41, 5.74) is 1.51. The van der Waals surface area contributed by atoms with Gasteiger partial charge in [-0.1, -0.05) is 36.4 Å². The van der Waals surface area contributed by atoms with E-state index in [1.807, 2.05) is 37.3 Å². The van der Waals surface area contributed by atoms with Crippen molar-refractivity contribution in [3.8, 4) is 0 Å². The lowest BCUT2D eigenvalue weighted by Crippen LogP contribution is -2.34. The Morgan fingerprint density at radius 2 is 1.91 bits per heavy atom. The minimum Gasteiger partial charge on any atom is -0.324 e. The molecule has 0 radical (unpaired) electrons. The Labute approximate surface area is 130 Å². The molecule has 0 fully saturated rings. The van der Waals surface area contributed by atoms with Crippen molar-refractivity contribution in [1.29, 1.82) is 0 Å². The molecule has 0 N–H and O–H groups in total. The van der Waals surface area contributed by atoms with Gasteiger partial charge in [0.1, 0.15) is 12.3 Å². The second kappa shape index (κ2) is 7.88. The smallest absolute Gasteiger partial charge is 0.247 e. The average molecular weight is 294 g/mol. The van der Waals surface area contributed by atoms with Crippen LogP contribution in [0.15, 0.2) is 60.8 Å². The zero-order valence-corrected chi connectivity index (χ0v) is 12.4. The maximum Gasteiger partial charge on any atom is 0.247 e. The second-order valence-corrected chi connectivity index (χ2v) is 4.70. The fraction of sp³-hybridized carbons (Fsp3) is 0.167. The fourth-order valence-corrected chi connectivity index (χ4v) is 2.17. The van der Waals surface area contributed by atoms with E-state index in [2.05, 4.69) is 4.98 Å². The van der Waals surface area contributed by atoms with Crippen molar-refractivity contribution in [2.24, 2.45) is 0 Å². The number of carbonyl (C=O) groups excluding carboxylic acids is 2. The minimum absolute atomic E-state index is 0.214. The number of carbonyl (C=O) groups is 2. The molecular formula is C18H18N2O2. The quantitative estimate of drug-likeness (QED) is 0.608. The molecule has 22 heavy (non-hydrogen) atoms. The normalized spacial score (nSPS) is 12.0. The van der Waals surface area contributed by atoms with Gasteiger partial charge in [-0.15, -0.1) is 0 Å². The van der Waals surface area contributed by atoms with Crippen molar-refractivity contribution in [1.82, 2.24) is 9.88 Å². The highest BCUT2D eigenvalue weighted by Gasteiger charge is 2.22. The standard InChI is InChI=1S/C18H18N2O2/c1-2-20(17(14-21)16-10-6-7-13-19-16)18(22)12-11-15-8-4-3-5-9-15/h3-14,17H,2H2,1H3. The van der Waals surface area contributed by atoms with Crippen LogP contribution >= 0.6 is 0 Å².